The fourth-order valence-corrected chi connectivity index (χ4v) is 1.88. The van der Waals surface area contributed by atoms with E-state index in [9.17, 15) is 4.79 Å². The summed E-state index contributed by atoms with van der Waals surface area (Å²) < 4.78 is 5.27. The third-order valence-corrected chi connectivity index (χ3v) is 2.90. The Labute approximate surface area is 94.7 Å². The lowest BCUT2D eigenvalue weighted by Crippen LogP contribution is -2.47. The van der Waals surface area contributed by atoms with Gasteiger partial charge in [0.15, 0.2) is 0 Å². The number of nitrogens with zero attached hydrogens (tertiary/aromatic N) is 1. The summed E-state index contributed by atoms with van der Waals surface area (Å²) in [6.07, 6.45) is 5.69. The molecule has 1 aliphatic heterocycles. The van der Waals surface area contributed by atoms with E-state index in [4.69, 9.17) is 4.74 Å². The summed E-state index contributed by atoms with van der Waals surface area (Å²) >= 11 is 0. The van der Waals surface area contributed by atoms with Crippen molar-refractivity contribution in [3.63, 3.8) is 0 Å². The van der Waals surface area contributed by atoms with Gasteiger partial charge < -0.3 is 9.72 Å². The zero-order valence-corrected chi connectivity index (χ0v) is 9.40. The molecule has 1 aliphatic rings. The van der Waals surface area contributed by atoms with Gasteiger partial charge in [0, 0.05) is 32.6 Å². The molecule has 1 fully saturated rings. The van der Waals surface area contributed by atoms with E-state index < -0.39 is 0 Å². The normalized spacial score (nSPS) is 18.6. The van der Waals surface area contributed by atoms with Crippen LogP contribution in [0.1, 0.15) is 23.2 Å². The largest absolute Gasteiger partial charge is 0.381 e. The molecule has 1 aromatic heterocycles. The van der Waals surface area contributed by atoms with E-state index in [2.05, 4.69) is 10.4 Å². The quantitative estimate of drug-likeness (QED) is 0.795. The summed E-state index contributed by atoms with van der Waals surface area (Å²) in [5.74, 6) is -0.0582. The molecule has 5 heteroatoms. The maximum atomic E-state index is 11.7. The Balaban J connectivity index is 1.81. The monoisotopic (exact) mass is 223 g/mol. The minimum atomic E-state index is -0.0582. The van der Waals surface area contributed by atoms with Crippen molar-refractivity contribution in [2.24, 2.45) is 0 Å². The highest BCUT2D eigenvalue weighted by atomic mass is 16.5. The van der Waals surface area contributed by atoms with Crippen molar-refractivity contribution in [1.29, 1.82) is 0 Å². The highest BCUT2D eigenvalue weighted by Gasteiger charge is 2.20. The Morgan fingerprint density at radius 1 is 1.56 bits per heavy atom. The van der Waals surface area contributed by atoms with Crippen LogP contribution in [0, 0.1) is 0 Å². The van der Waals surface area contributed by atoms with E-state index in [1.165, 1.54) is 0 Å². The second kappa shape index (κ2) is 5.14. The summed E-state index contributed by atoms with van der Waals surface area (Å²) in [5, 5.41) is 1.95. The lowest BCUT2D eigenvalue weighted by atomic mass is 10.1. The van der Waals surface area contributed by atoms with Gasteiger partial charge in [0.05, 0.1) is 11.7 Å². The number of nitrogens with one attached hydrogen (secondary N) is 2. The Morgan fingerprint density at radius 3 is 2.88 bits per heavy atom. The Hall–Kier alpha value is -1.33. The highest BCUT2D eigenvalue weighted by Crippen LogP contribution is 2.11. The number of amides is 1. The summed E-state index contributed by atoms with van der Waals surface area (Å²) in [6, 6.07) is 1.76. The second-order valence-electron chi connectivity index (χ2n) is 3.96. The van der Waals surface area contributed by atoms with E-state index in [0.717, 1.165) is 25.9 Å². The first-order valence-corrected chi connectivity index (χ1v) is 5.51. The van der Waals surface area contributed by atoms with E-state index in [-0.39, 0.29) is 5.91 Å². The van der Waals surface area contributed by atoms with Crippen LogP contribution in [-0.2, 0) is 4.74 Å². The first-order valence-electron chi connectivity index (χ1n) is 5.51. The van der Waals surface area contributed by atoms with Crippen molar-refractivity contribution in [3.05, 3.63) is 24.0 Å². The van der Waals surface area contributed by atoms with Crippen LogP contribution in [0.5, 0.6) is 0 Å². The van der Waals surface area contributed by atoms with Gasteiger partial charge in [0.2, 0.25) is 0 Å². The molecule has 2 N–H and O–H groups in total. The van der Waals surface area contributed by atoms with E-state index in [0.29, 0.717) is 11.7 Å². The molecule has 88 valence electrons. The number of hydrogen-bond donors (Lipinski definition) is 2. The van der Waals surface area contributed by atoms with Gasteiger partial charge in [-0.1, -0.05) is 0 Å². The number of ether oxygens (including phenoxy) is 1. The average molecular weight is 223 g/mol. The molecule has 2 heterocycles. The molecule has 0 aromatic carbocycles. The van der Waals surface area contributed by atoms with Crippen LogP contribution < -0.4 is 5.43 Å². The summed E-state index contributed by atoms with van der Waals surface area (Å²) in [7, 11) is 1.73. The maximum absolute atomic E-state index is 11.7. The Kier molecular flexibility index (Phi) is 3.58. The molecule has 1 aromatic rings. The number of aromatic nitrogens is 1. The van der Waals surface area contributed by atoms with Crippen LogP contribution in [0.2, 0.25) is 0 Å². The zero-order valence-electron chi connectivity index (χ0n) is 9.40. The second-order valence-corrected chi connectivity index (χ2v) is 3.96. The fraction of sp³-hybridized carbons (Fsp3) is 0.545. The van der Waals surface area contributed by atoms with Crippen LogP contribution in [0.25, 0.3) is 0 Å². The van der Waals surface area contributed by atoms with Crippen molar-refractivity contribution in [2.45, 2.75) is 18.9 Å². The molecule has 1 amide bonds. The van der Waals surface area contributed by atoms with Crippen molar-refractivity contribution < 1.29 is 9.53 Å². The molecule has 0 aliphatic carbocycles. The highest BCUT2D eigenvalue weighted by molar-refractivity contribution is 5.93. The molecule has 2 rings (SSSR count). The molecule has 5 nitrogen and oxygen atoms in total. The van der Waals surface area contributed by atoms with Gasteiger partial charge in [-0.05, 0) is 18.9 Å². The molecule has 0 saturated carbocycles. The lowest BCUT2D eigenvalue weighted by Gasteiger charge is -2.31. The van der Waals surface area contributed by atoms with E-state index in [1.807, 2.05) is 5.01 Å². The fourth-order valence-electron chi connectivity index (χ4n) is 1.88. The maximum Gasteiger partial charge on any atom is 0.267 e. The number of piperidine rings is 1. The lowest BCUT2D eigenvalue weighted by molar-refractivity contribution is 0.0227. The Bertz CT molecular complexity index is 329. The minimum Gasteiger partial charge on any atom is -0.381 e. The summed E-state index contributed by atoms with van der Waals surface area (Å²) in [5.41, 5.74) is 3.55. The van der Waals surface area contributed by atoms with Gasteiger partial charge in [-0.2, -0.15) is 0 Å². The molecule has 0 spiro atoms. The van der Waals surface area contributed by atoms with Crippen LogP contribution in [0.15, 0.2) is 18.5 Å². The van der Waals surface area contributed by atoms with Gasteiger partial charge in [0.25, 0.3) is 5.91 Å². The number of hydrogen-bond acceptors (Lipinski definition) is 3. The third kappa shape index (κ3) is 2.62. The first kappa shape index (κ1) is 11.2. The number of methoxy groups -OCH3 is 1. The number of H-pyrrole nitrogens is 1. The van der Waals surface area contributed by atoms with Crippen molar-refractivity contribution in [3.8, 4) is 0 Å². The van der Waals surface area contributed by atoms with Gasteiger partial charge in [-0.3, -0.25) is 10.2 Å². The van der Waals surface area contributed by atoms with Crippen LogP contribution in [0.3, 0.4) is 0 Å². The van der Waals surface area contributed by atoms with Crippen molar-refractivity contribution in [2.75, 3.05) is 20.2 Å². The predicted molar refractivity (Wildman–Crippen MR) is 59.9 cm³/mol. The molecule has 0 atom stereocenters. The van der Waals surface area contributed by atoms with Crippen LogP contribution in [-0.4, -0.2) is 42.2 Å². The molecule has 0 bridgehead atoms. The summed E-state index contributed by atoms with van der Waals surface area (Å²) in [6.45, 7) is 1.68. The SMILES string of the molecule is COC1CCN(NC(=O)c2cc[nH]c2)CC1. The first-order chi connectivity index (χ1) is 7.79. The van der Waals surface area contributed by atoms with Crippen molar-refractivity contribution in [1.82, 2.24) is 15.4 Å². The molecule has 0 radical (unpaired) electrons. The zero-order chi connectivity index (χ0) is 11.4. The number of hydrazine groups is 1. The topological polar surface area (TPSA) is 57.4 Å². The molecular weight excluding hydrogens is 206 g/mol. The van der Waals surface area contributed by atoms with Gasteiger partial charge in [0.1, 0.15) is 0 Å². The standard InChI is InChI=1S/C11H17N3O2/c1-16-10-3-6-14(7-4-10)13-11(15)9-2-5-12-8-9/h2,5,8,10,12H,3-4,6-7H2,1H3,(H,13,15). The number of aromatic amines is 1. The van der Waals surface area contributed by atoms with Gasteiger partial charge >= 0.3 is 0 Å². The minimum absolute atomic E-state index is 0.0582. The van der Waals surface area contributed by atoms with Gasteiger partial charge in [-0.25, -0.2) is 5.01 Å². The molecule has 1 saturated heterocycles. The molecule has 0 unspecified atom stereocenters. The number of rotatable bonds is 3. The van der Waals surface area contributed by atoms with Gasteiger partial charge in [-0.15, -0.1) is 0 Å². The number of carbonyl (C=O) groups excluding carboxylic acids is 1. The molecular formula is C11H17N3O2. The van der Waals surface area contributed by atoms with E-state index in [1.54, 1.807) is 25.6 Å². The number of carbonyl (C=O) groups is 1. The molecule has 16 heavy (non-hydrogen) atoms. The Morgan fingerprint density at radius 2 is 2.31 bits per heavy atom. The smallest absolute Gasteiger partial charge is 0.267 e. The van der Waals surface area contributed by atoms with Crippen LogP contribution >= 0.6 is 0 Å². The van der Waals surface area contributed by atoms with E-state index >= 15 is 0 Å². The van der Waals surface area contributed by atoms with Crippen LogP contribution in [0.4, 0.5) is 0 Å². The average Bonchev–Trinajstić information content (AvgIpc) is 2.83. The summed E-state index contributed by atoms with van der Waals surface area (Å²) in [4.78, 5) is 14.6. The van der Waals surface area contributed by atoms with Crippen molar-refractivity contribution >= 4 is 5.91 Å². The third-order valence-electron chi connectivity index (χ3n) is 2.90. The predicted octanol–water partition coefficient (Wildman–Crippen LogP) is 0.770.